The normalized spacial score (nSPS) is 15.8. The van der Waals surface area contributed by atoms with Crippen molar-refractivity contribution in [3.05, 3.63) is 53.3 Å². The number of amides is 2. The standard InChI is InChI=1S/C24H32F3N5O3S/c1-4-32(36(34,35)22-7-5-6-19(16-22)24(25,26)27)21-8-11-31(12-9-21)13-10-28-23(33)30-20-14-17(2)29-18(3)15-20/h5-7,14-16,21H,4,8-13H2,1-3H3,(H2,28,29,30,33). The van der Waals surface area contributed by atoms with Crippen LogP contribution < -0.4 is 10.6 Å². The smallest absolute Gasteiger partial charge is 0.337 e. The summed E-state index contributed by atoms with van der Waals surface area (Å²) in [5.41, 5.74) is 1.30. The lowest BCUT2D eigenvalue weighted by Crippen LogP contribution is -2.48. The molecule has 2 aromatic rings. The predicted molar refractivity (Wildman–Crippen MR) is 131 cm³/mol. The predicted octanol–water partition coefficient (Wildman–Crippen LogP) is 4.01. The van der Waals surface area contributed by atoms with Crippen molar-refractivity contribution >= 4 is 21.7 Å². The van der Waals surface area contributed by atoms with Crippen LogP contribution in [0.15, 0.2) is 41.3 Å². The largest absolute Gasteiger partial charge is 0.416 e. The molecule has 0 radical (unpaired) electrons. The van der Waals surface area contributed by atoms with Crippen molar-refractivity contribution in [3.8, 4) is 0 Å². The van der Waals surface area contributed by atoms with Crippen LogP contribution in [0.4, 0.5) is 23.7 Å². The van der Waals surface area contributed by atoms with Gasteiger partial charge in [-0.05, 0) is 70.1 Å². The molecule has 36 heavy (non-hydrogen) atoms. The monoisotopic (exact) mass is 527 g/mol. The van der Waals surface area contributed by atoms with E-state index in [4.69, 9.17) is 0 Å². The number of aryl methyl sites for hydroxylation is 2. The number of halogens is 3. The maximum Gasteiger partial charge on any atom is 0.416 e. The molecule has 1 aliphatic heterocycles. The molecular formula is C24H32F3N5O3S. The number of rotatable bonds is 8. The highest BCUT2D eigenvalue weighted by Gasteiger charge is 2.35. The minimum Gasteiger partial charge on any atom is -0.337 e. The number of nitrogens with zero attached hydrogens (tertiary/aromatic N) is 3. The Labute approximate surface area is 209 Å². The van der Waals surface area contributed by atoms with E-state index in [1.165, 1.54) is 10.4 Å². The highest BCUT2D eigenvalue weighted by molar-refractivity contribution is 7.89. The number of nitrogens with one attached hydrogen (secondary N) is 2. The molecule has 1 aromatic heterocycles. The maximum atomic E-state index is 13.1. The van der Waals surface area contributed by atoms with E-state index in [-0.39, 0.29) is 23.5 Å². The summed E-state index contributed by atoms with van der Waals surface area (Å²) in [6.07, 6.45) is -3.52. The minimum absolute atomic E-state index is 0.166. The first-order chi connectivity index (χ1) is 16.9. The summed E-state index contributed by atoms with van der Waals surface area (Å²) in [6.45, 7) is 7.80. The van der Waals surface area contributed by atoms with Crippen molar-refractivity contribution in [3.63, 3.8) is 0 Å². The molecule has 2 heterocycles. The lowest BCUT2D eigenvalue weighted by molar-refractivity contribution is -0.137. The Kier molecular flexibility index (Phi) is 8.96. The van der Waals surface area contributed by atoms with Gasteiger partial charge in [0.15, 0.2) is 0 Å². The van der Waals surface area contributed by atoms with Crippen LogP contribution >= 0.6 is 0 Å². The number of anilines is 1. The van der Waals surface area contributed by atoms with Crippen molar-refractivity contribution in [2.75, 3.05) is 38.0 Å². The lowest BCUT2D eigenvalue weighted by Gasteiger charge is -2.37. The van der Waals surface area contributed by atoms with Gasteiger partial charge in [0, 0.05) is 42.8 Å². The van der Waals surface area contributed by atoms with Gasteiger partial charge >= 0.3 is 12.2 Å². The Hall–Kier alpha value is -2.70. The van der Waals surface area contributed by atoms with E-state index >= 15 is 0 Å². The van der Waals surface area contributed by atoms with E-state index in [2.05, 4.69) is 20.5 Å². The van der Waals surface area contributed by atoms with Gasteiger partial charge in [-0.2, -0.15) is 17.5 Å². The van der Waals surface area contributed by atoms with Gasteiger partial charge in [0.05, 0.1) is 10.5 Å². The second-order valence-electron chi connectivity index (χ2n) is 8.83. The van der Waals surface area contributed by atoms with Gasteiger partial charge in [0.2, 0.25) is 10.0 Å². The quantitative estimate of drug-likeness (QED) is 0.541. The van der Waals surface area contributed by atoms with Crippen LogP contribution in [0.25, 0.3) is 0 Å². The number of alkyl halides is 3. The Balaban J connectivity index is 1.51. The number of aromatic nitrogens is 1. The van der Waals surface area contributed by atoms with Gasteiger partial charge in [-0.3, -0.25) is 4.98 Å². The van der Waals surface area contributed by atoms with Crippen molar-refractivity contribution in [2.24, 2.45) is 0 Å². The van der Waals surface area contributed by atoms with Gasteiger partial charge in [0.25, 0.3) is 0 Å². The van der Waals surface area contributed by atoms with Gasteiger partial charge in [-0.15, -0.1) is 0 Å². The molecule has 0 bridgehead atoms. The molecule has 0 aliphatic carbocycles. The molecule has 0 unspecified atom stereocenters. The second-order valence-corrected chi connectivity index (χ2v) is 10.7. The summed E-state index contributed by atoms with van der Waals surface area (Å²) in [5, 5.41) is 5.60. The van der Waals surface area contributed by atoms with Crippen LogP contribution in [0.5, 0.6) is 0 Å². The van der Waals surface area contributed by atoms with Crippen molar-refractivity contribution < 1.29 is 26.4 Å². The molecule has 1 aliphatic rings. The first-order valence-electron chi connectivity index (χ1n) is 11.8. The number of carbonyl (C=O) groups is 1. The summed E-state index contributed by atoms with van der Waals surface area (Å²) in [6, 6.07) is 6.81. The summed E-state index contributed by atoms with van der Waals surface area (Å²) in [7, 11) is -4.07. The SMILES string of the molecule is CCN(C1CCN(CCNC(=O)Nc2cc(C)nc(C)c2)CC1)S(=O)(=O)c1cccc(C(F)(F)F)c1. The van der Waals surface area contributed by atoms with Crippen LogP contribution in [0.2, 0.25) is 0 Å². The second kappa shape index (κ2) is 11.6. The molecule has 0 atom stereocenters. The van der Waals surface area contributed by atoms with Crippen LogP contribution in [-0.2, 0) is 16.2 Å². The van der Waals surface area contributed by atoms with Crippen LogP contribution in [0, 0.1) is 13.8 Å². The number of hydrogen-bond donors (Lipinski definition) is 2. The van der Waals surface area contributed by atoms with E-state index in [9.17, 15) is 26.4 Å². The van der Waals surface area contributed by atoms with Crippen LogP contribution in [-0.4, -0.2) is 67.4 Å². The molecule has 1 aromatic carbocycles. The van der Waals surface area contributed by atoms with E-state index in [0.29, 0.717) is 50.8 Å². The van der Waals surface area contributed by atoms with Crippen molar-refractivity contribution in [2.45, 2.75) is 50.7 Å². The Bertz CT molecular complexity index is 1150. The Morgan fingerprint density at radius 2 is 1.78 bits per heavy atom. The number of piperidine rings is 1. The number of benzene rings is 1. The number of pyridine rings is 1. The Morgan fingerprint density at radius 1 is 1.14 bits per heavy atom. The molecule has 8 nitrogen and oxygen atoms in total. The van der Waals surface area contributed by atoms with Gasteiger partial charge < -0.3 is 15.5 Å². The highest BCUT2D eigenvalue weighted by Crippen LogP contribution is 2.32. The molecule has 2 N–H and O–H groups in total. The van der Waals surface area contributed by atoms with Gasteiger partial charge in [-0.1, -0.05) is 13.0 Å². The molecule has 3 rings (SSSR count). The van der Waals surface area contributed by atoms with Crippen molar-refractivity contribution in [1.29, 1.82) is 0 Å². The summed E-state index contributed by atoms with van der Waals surface area (Å²) in [5.74, 6) is 0. The number of urea groups is 1. The zero-order valence-electron chi connectivity index (χ0n) is 20.6. The van der Waals surface area contributed by atoms with E-state index in [1.54, 1.807) is 19.1 Å². The minimum atomic E-state index is -4.62. The van der Waals surface area contributed by atoms with E-state index in [1.807, 2.05) is 13.8 Å². The fraction of sp³-hybridized carbons (Fsp3) is 0.500. The lowest BCUT2D eigenvalue weighted by atomic mass is 10.1. The molecule has 198 valence electrons. The zero-order chi connectivity index (χ0) is 26.5. The molecule has 1 fully saturated rings. The third kappa shape index (κ3) is 7.17. The highest BCUT2D eigenvalue weighted by atomic mass is 32.2. The van der Waals surface area contributed by atoms with Crippen molar-refractivity contribution in [1.82, 2.24) is 19.5 Å². The third-order valence-corrected chi connectivity index (χ3v) is 8.12. The molecule has 2 amide bonds. The molecule has 0 spiro atoms. The van der Waals surface area contributed by atoms with E-state index < -0.39 is 21.8 Å². The summed E-state index contributed by atoms with van der Waals surface area (Å²) < 4.78 is 66.8. The number of carbonyl (C=O) groups excluding carboxylic acids is 1. The third-order valence-electron chi connectivity index (χ3n) is 6.10. The molecule has 1 saturated heterocycles. The number of hydrogen-bond acceptors (Lipinski definition) is 5. The van der Waals surface area contributed by atoms with Crippen LogP contribution in [0.1, 0.15) is 36.7 Å². The molecule has 12 heteroatoms. The van der Waals surface area contributed by atoms with Gasteiger partial charge in [0.1, 0.15) is 0 Å². The van der Waals surface area contributed by atoms with Crippen LogP contribution in [0.3, 0.4) is 0 Å². The number of likely N-dealkylation sites (tertiary alicyclic amines) is 1. The van der Waals surface area contributed by atoms with E-state index in [0.717, 1.165) is 23.5 Å². The first-order valence-corrected chi connectivity index (χ1v) is 13.3. The first kappa shape index (κ1) is 27.9. The topological polar surface area (TPSA) is 94.6 Å². The molecular weight excluding hydrogens is 495 g/mol. The fourth-order valence-corrected chi connectivity index (χ4v) is 6.17. The molecule has 0 saturated carbocycles. The van der Waals surface area contributed by atoms with Gasteiger partial charge in [-0.25, -0.2) is 13.2 Å². The Morgan fingerprint density at radius 3 is 2.36 bits per heavy atom. The zero-order valence-corrected chi connectivity index (χ0v) is 21.4. The maximum absolute atomic E-state index is 13.1. The average molecular weight is 528 g/mol. The summed E-state index contributed by atoms with van der Waals surface area (Å²) >= 11 is 0. The average Bonchev–Trinajstić information content (AvgIpc) is 2.79. The summed E-state index contributed by atoms with van der Waals surface area (Å²) in [4.78, 5) is 18.2. The fourth-order valence-electron chi connectivity index (χ4n) is 4.43. The number of sulfonamides is 1.